The molecule has 5 unspecified atom stereocenters. The molecule has 0 radical (unpaired) electrons. The first-order chi connectivity index (χ1) is 15.1. The molecule has 0 saturated heterocycles. The fourth-order valence-electron chi connectivity index (χ4n) is 5.07. The van der Waals surface area contributed by atoms with Gasteiger partial charge in [-0.15, -0.1) is 0 Å². The molecule has 0 saturated carbocycles. The minimum atomic E-state index is -0.636. The summed E-state index contributed by atoms with van der Waals surface area (Å²) in [6.07, 6.45) is 2.68. The largest absolute Gasteiger partial charge is 0.394 e. The molecule has 0 spiro atoms. The SMILES string of the molecule is CCC(C)(CC(C)(C)C(C)C(CC(C)SCC(O)CO)c1ccccc1)c1ccccc1. The Hall–Kier alpha value is -1.29. The van der Waals surface area contributed by atoms with E-state index in [0.717, 1.165) is 19.3 Å². The predicted molar refractivity (Wildman–Crippen MR) is 140 cm³/mol. The summed E-state index contributed by atoms with van der Waals surface area (Å²) in [7, 11) is 0. The highest BCUT2D eigenvalue weighted by Gasteiger charge is 2.39. The van der Waals surface area contributed by atoms with Crippen molar-refractivity contribution in [1.29, 1.82) is 0 Å². The first-order valence-corrected chi connectivity index (χ1v) is 13.2. The van der Waals surface area contributed by atoms with Crippen LogP contribution in [0, 0.1) is 11.3 Å². The highest BCUT2D eigenvalue weighted by molar-refractivity contribution is 7.99. The number of rotatable bonds is 13. The van der Waals surface area contributed by atoms with Crippen molar-refractivity contribution in [3.63, 3.8) is 0 Å². The minimum absolute atomic E-state index is 0.145. The van der Waals surface area contributed by atoms with Gasteiger partial charge in [-0.2, -0.15) is 11.8 Å². The minimum Gasteiger partial charge on any atom is -0.394 e. The van der Waals surface area contributed by atoms with E-state index in [1.165, 1.54) is 11.1 Å². The molecular weight excluding hydrogens is 412 g/mol. The fraction of sp³-hybridized carbons (Fsp3) is 0.586. The topological polar surface area (TPSA) is 40.5 Å². The van der Waals surface area contributed by atoms with Crippen molar-refractivity contribution in [3.05, 3.63) is 71.8 Å². The summed E-state index contributed by atoms with van der Waals surface area (Å²) in [5.41, 5.74) is 3.13. The quantitative estimate of drug-likeness (QED) is 0.339. The van der Waals surface area contributed by atoms with Crippen molar-refractivity contribution in [2.45, 2.75) is 83.5 Å². The lowest BCUT2D eigenvalue weighted by molar-refractivity contribution is 0.113. The number of benzene rings is 2. The molecule has 0 heterocycles. The molecule has 3 heteroatoms. The predicted octanol–water partition coefficient (Wildman–Crippen LogP) is 7.06. The van der Waals surface area contributed by atoms with Crippen LogP contribution < -0.4 is 0 Å². The van der Waals surface area contributed by atoms with Gasteiger partial charge in [0.15, 0.2) is 0 Å². The zero-order valence-corrected chi connectivity index (χ0v) is 21.7. The Bertz CT molecular complexity index is 776. The lowest BCUT2D eigenvalue weighted by Gasteiger charge is -2.44. The summed E-state index contributed by atoms with van der Waals surface area (Å²) >= 11 is 1.76. The zero-order chi connectivity index (χ0) is 23.8. The maximum Gasteiger partial charge on any atom is 0.0861 e. The molecular formula is C29H44O2S. The Morgan fingerprint density at radius 2 is 1.47 bits per heavy atom. The third kappa shape index (κ3) is 7.37. The van der Waals surface area contributed by atoms with E-state index in [9.17, 15) is 5.11 Å². The van der Waals surface area contributed by atoms with Crippen LogP contribution in [0.5, 0.6) is 0 Å². The molecule has 0 aliphatic carbocycles. The normalized spacial score (nSPS) is 17.9. The van der Waals surface area contributed by atoms with Crippen LogP contribution in [-0.4, -0.2) is 33.9 Å². The van der Waals surface area contributed by atoms with Gasteiger partial charge in [0.25, 0.3) is 0 Å². The summed E-state index contributed by atoms with van der Waals surface area (Å²) in [6, 6.07) is 21.9. The van der Waals surface area contributed by atoms with E-state index >= 15 is 0 Å². The van der Waals surface area contributed by atoms with Crippen LogP contribution in [0.3, 0.4) is 0 Å². The van der Waals surface area contributed by atoms with E-state index in [0.29, 0.717) is 22.8 Å². The molecule has 0 aliphatic rings. The van der Waals surface area contributed by atoms with Crippen molar-refractivity contribution in [3.8, 4) is 0 Å². The summed E-state index contributed by atoms with van der Waals surface area (Å²) in [4.78, 5) is 0. The van der Waals surface area contributed by atoms with Gasteiger partial charge >= 0.3 is 0 Å². The van der Waals surface area contributed by atoms with E-state index in [-0.39, 0.29) is 17.4 Å². The number of hydrogen-bond donors (Lipinski definition) is 2. The second-order valence-corrected chi connectivity index (χ2v) is 11.9. The Morgan fingerprint density at radius 1 is 0.906 bits per heavy atom. The molecule has 2 nitrogen and oxygen atoms in total. The van der Waals surface area contributed by atoms with Gasteiger partial charge < -0.3 is 10.2 Å². The Balaban J connectivity index is 2.25. The molecule has 2 rings (SSSR count). The number of hydrogen-bond acceptors (Lipinski definition) is 3. The second kappa shape index (κ2) is 12.3. The Morgan fingerprint density at radius 3 is 2.00 bits per heavy atom. The Kier molecular flexibility index (Phi) is 10.3. The lowest BCUT2D eigenvalue weighted by atomic mass is 9.61. The summed E-state index contributed by atoms with van der Waals surface area (Å²) in [6.45, 7) is 14.1. The van der Waals surface area contributed by atoms with Gasteiger partial charge in [0.2, 0.25) is 0 Å². The monoisotopic (exact) mass is 456 g/mol. The second-order valence-electron chi connectivity index (χ2n) is 10.5. The molecule has 2 N–H and O–H groups in total. The fourth-order valence-corrected chi connectivity index (χ4v) is 6.07. The van der Waals surface area contributed by atoms with E-state index in [1.54, 1.807) is 11.8 Å². The van der Waals surface area contributed by atoms with Crippen LogP contribution in [0.15, 0.2) is 60.7 Å². The van der Waals surface area contributed by atoms with E-state index in [4.69, 9.17) is 5.11 Å². The zero-order valence-electron chi connectivity index (χ0n) is 20.9. The molecule has 178 valence electrons. The number of aliphatic hydroxyl groups excluding tert-OH is 2. The first kappa shape index (κ1) is 27.0. The summed E-state index contributed by atoms with van der Waals surface area (Å²) in [5, 5.41) is 19.4. The van der Waals surface area contributed by atoms with Gasteiger partial charge in [-0.05, 0) is 53.1 Å². The lowest BCUT2D eigenvalue weighted by Crippen LogP contribution is -2.36. The van der Waals surface area contributed by atoms with Crippen LogP contribution in [0.25, 0.3) is 0 Å². The Labute approximate surface area is 200 Å². The van der Waals surface area contributed by atoms with Gasteiger partial charge in [0, 0.05) is 11.0 Å². The third-order valence-corrected chi connectivity index (χ3v) is 8.87. The average molecular weight is 457 g/mol. The number of aliphatic hydroxyl groups is 2. The molecule has 0 fully saturated rings. The van der Waals surface area contributed by atoms with E-state index in [2.05, 4.69) is 102 Å². The highest BCUT2D eigenvalue weighted by Crippen LogP contribution is 2.49. The molecule has 0 bridgehead atoms. The third-order valence-electron chi connectivity index (χ3n) is 7.53. The van der Waals surface area contributed by atoms with Crippen molar-refractivity contribution in [2.75, 3.05) is 12.4 Å². The van der Waals surface area contributed by atoms with Crippen LogP contribution in [0.2, 0.25) is 0 Å². The maximum absolute atomic E-state index is 9.79. The van der Waals surface area contributed by atoms with Gasteiger partial charge in [0.05, 0.1) is 12.7 Å². The van der Waals surface area contributed by atoms with E-state index < -0.39 is 6.10 Å². The number of thioether (sulfide) groups is 1. The summed E-state index contributed by atoms with van der Waals surface area (Å²) < 4.78 is 0. The van der Waals surface area contributed by atoms with Crippen molar-refractivity contribution < 1.29 is 10.2 Å². The first-order valence-electron chi connectivity index (χ1n) is 12.1. The van der Waals surface area contributed by atoms with Crippen LogP contribution >= 0.6 is 11.8 Å². The average Bonchev–Trinajstić information content (AvgIpc) is 2.81. The van der Waals surface area contributed by atoms with Crippen LogP contribution in [-0.2, 0) is 5.41 Å². The molecule has 5 atom stereocenters. The van der Waals surface area contributed by atoms with Crippen molar-refractivity contribution in [2.24, 2.45) is 11.3 Å². The van der Waals surface area contributed by atoms with Gasteiger partial charge in [-0.25, -0.2) is 0 Å². The standard InChI is InChI=1S/C29H44O2S/c1-7-29(6,25-16-12-9-13-17-25)21-28(4,5)23(3)27(24-14-10-8-11-15-24)18-22(2)32-20-26(31)19-30/h8-17,22-23,26-27,30-31H,7,18-21H2,1-6H3. The van der Waals surface area contributed by atoms with E-state index in [1.807, 2.05) is 0 Å². The van der Waals surface area contributed by atoms with Gasteiger partial charge in [0.1, 0.15) is 0 Å². The maximum atomic E-state index is 9.79. The summed E-state index contributed by atoms with van der Waals surface area (Å²) in [5.74, 6) is 1.51. The van der Waals surface area contributed by atoms with Crippen molar-refractivity contribution in [1.82, 2.24) is 0 Å². The molecule has 2 aromatic carbocycles. The molecule has 2 aromatic rings. The smallest absolute Gasteiger partial charge is 0.0861 e. The van der Waals surface area contributed by atoms with Gasteiger partial charge in [-0.1, -0.05) is 102 Å². The van der Waals surface area contributed by atoms with Gasteiger partial charge in [-0.3, -0.25) is 0 Å². The van der Waals surface area contributed by atoms with Crippen LogP contribution in [0.4, 0.5) is 0 Å². The molecule has 32 heavy (non-hydrogen) atoms. The van der Waals surface area contributed by atoms with Crippen LogP contribution in [0.1, 0.15) is 77.8 Å². The molecule has 0 aromatic heterocycles. The van der Waals surface area contributed by atoms with Crippen molar-refractivity contribution >= 4 is 11.8 Å². The molecule has 0 aliphatic heterocycles. The molecule has 0 amide bonds. The highest BCUT2D eigenvalue weighted by atomic mass is 32.2.